The summed E-state index contributed by atoms with van der Waals surface area (Å²) in [6.45, 7) is 7.98. The number of ether oxygens (including phenoxy) is 2. The van der Waals surface area contributed by atoms with Crippen molar-refractivity contribution in [2.45, 2.75) is 39.0 Å². The van der Waals surface area contributed by atoms with Crippen molar-refractivity contribution in [2.24, 2.45) is 5.73 Å². The lowest BCUT2D eigenvalue weighted by Gasteiger charge is -2.38. The van der Waals surface area contributed by atoms with Crippen molar-refractivity contribution >= 4 is 5.69 Å². The summed E-state index contributed by atoms with van der Waals surface area (Å²) in [5.74, 6) is 0.860. The van der Waals surface area contributed by atoms with Crippen LogP contribution in [0.25, 0.3) is 0 Å². The first kappa shape index (κ1) is 14.2. The van der Waals surface area contributed by atoms with Gasteiger partial charge in [0.25, 0.3) is 0 Å². The van der Waals surface area contributed by atoms with Crippen LogP contribution in [0.4, 0.5) is 5.69 Å². The summed E-state index contributed by atoms with van der Waals surface area (Å²) in [5.41, 5.74) is 8.37. The molecule has 1 aromatic carbocycles. The lowest BCUT2D eigenvalue weighted by molar-refractivity contribution is -0.00529. The van der Waals surface area contributed by atoms with Crippen LogP contribution < -0.4 is 15.4 Å². The third-order valence-electron chi connectivity index (χ3n) is 3.48. The van der Waals surface area contributed by atoms with E-state index in [1.807, 2.05) is 19.1 Å². The fourth-order valence-corrected chi connectivity index (χ4v) is 2.82. The van der Waals surface area contributed by atoms with Gasteiger partial charge in [-0.1, -0.05) is 6.07 Å². The van der Waals surface area contributed by atoms with Gasteiger partial charge in [0, 0.05) is 30.4 Å². The Morgan fingerprint density at radius 3 is 2.47 bits per heavy atom. The molecule has 2 unspecified atom stereocenters. The molecule has 3 atom stereocenters. The van der Waals surface area contributed by atoms with Gasteiger partial charge in [-0.05, 0) is 32.9 Å². The lowest BCUT2D eigenvalue weighted by Crippen LogP contribution is -2.46. The monoisotopic (exact) mass is 264 g/mol. The Bertz CT molecular complexity index is 424. The van der Waals surface area contributed by atoms with Gasteiger partial charge in [0.1, 0.15) is 5.75 Å². The summed E-state index contributed by atoms with van der Waals surface area (Å²) < 4.78 is 11.2. The van der Waals surface area contributed by atoms with Crippen LogP contribution in [-0.2, 0) is 4.74 Å². The largest absolute Gasteiger partial charge is 0.496 e. The number of anilines is 1. The van der Waals surface area contributed by atoms with Crippen LogP contribution in [0.2, 0.25) is 0 Å². The van der Waals surface area contributed by atoms with Crippen molar-refractivity contribution in [3.8, 4) is 5.75 Å². The van der Waals surface area contributed by atoms with Crippen LogP contribution in [0, 0.1) is 0 Å². The molecule has 1 saturated heterocycles. The summed E-state index contributed by atoms with van der Waals surface area (Å²) in [4.78, 5) is 2.35. The van der Waals surface area contributed by atoms with Gasteiger partial charge in [0.05, 0.1) is 19.3 Å². The molecule has 1 fully saturated rings. The topological polar surface area (TPSA) is 47.7 Å². The van der Waals surface area contributed by atoms with Crippen LogP contribution in [0.5, 0.6) is 5.75 Å². The molecule has 2 rings (SSSR count). The van der Waals surface area contributed by atoms with Crippen LogP contribution in [0.15, 0.2) is 18.2 Å². The maximum atomic E-state index is 6.13. The minimum absolute atomic E-state index is 0.0559. The maximum Gasteiger partial charge on any atom is 0.125 e. The van der Waals surface area contributed by atoms with Crippen molar-refractivity contribution in [1.82, 2.24) is 0 Å². The fourth-order valence-electron chi connectivity index (χ4n) is 2.82. The number of nitrogens with two attached hydrogens (primary N) is 1. The van der Waals surface area contributed by atoms with Gasteiger partial charge in [-0.25, -0.2) is 0 Å². The standard InChI is InChI=1S/C15H24N2O2/c1-10-8-17(9-11(2)19-10)13-6-5-7-14(18-4)15(13)12(3)16/h5-7,10-12H,8-9,16H2,1-4H3/t10?,11?,12-/m0/s1. The van der Waals surface area contributed by atoms with E-state index in [2.05, 4.69) is 24.8 Å². The molecule has 4 heteroatoms. The SMILES string of the molecule is COc1cccc(N2CC(C)OC(C)C2)c1[C@H](C)N. The summed E-state index contributed by atoms with van der Waals surface area (Å²) in [6.07, 6.45) is 0.465. The Hall–Kier alpha value is -1.26. The Labute approximate surface area is 115 Å². The van der Waals surface area contributed by atoms with E-state index in [4.69, 9.17) is 15.2 Å². The number of methoxy groups -OCH3 is 1. The van der Waals surface area contributed by atoms with E-state index in [0.29, 0.717) is 0 Å². The normalized spacial score (nSPS) is 25.2. The highest BCUT2D eigenvalue weighted by Gasteiger charge is 2.25. The highest BCUT2D eigenvalue weighted by Crippen LogP contribution is 2.34. The number of benzene rings is 1. The average Bonchev–Trinajstić information content (AvgIpc) is 2.36. The lowest BCUT2D eigenvalue weighted by atomic mass is 10.0. The summed E-state index contributed by atoms with van der Waals surface area (Å²) in [6, 6.07) is 6.05. The number of rotatable bonds is 3. The molecule has 2 N–H and O–H groups in total. The van der Waals surface area contributed by atoms with Gasteiger partial charge >= 0.3 is 0 Å². The third-order valence-corrected chi connectivity index (χ3v) is 3.48. The molecule has 1 aliphatic heterocycles. The van der Waals surface area contributed by atoms with E-state index in [-0.39, 0.29) is 18.2 Å². The predicted molar refractivity (Wildman–Crippen MR) is 77.8 cm³/mol. The Morgan fingerprint density at radius 1 is 1.32 bits per heavy atom. The number of nitrogens with zero attached hydrogens (tertiary/aromatic N) is 1. The van der Waals surface area contributed by atoms with Crippen molar-refractivity contribution in [3.63, 3.8) is 0 Å². The van der Waals surface area contributed by atoms with E-state index >= 15 is 0 Å². The van der Waals surface area contributed by atoms with Crippen LogP contribution in [0.3, 0.4) is 0 Å². The predicted octanol–water partition coefficient (Wildman–Crippen LogP) is 2.33. The average molecular weight is 264 g/mol. The van der Waals surface area contributed by atoms with Crippen molar-refractivity contribution in [3.05, 3.63) is 23.8 Å². The molecule has 0 aromatic heterocycles. The molecule has 0 aliphatic carbocycles. The molecule has 0 radical (unpaired) electrons. The molecule has 1 heterocycles. The molecule has 1 aliphatic rings. The molecule has 0 spiro atoms. The highest BCUT2D eigenvalue weighted by atomic mass is 16.5. The highest BCUT2D eigenvalue weighted by molar-refractivity contribution is 5.61. The molecule has 0 saturated carbocycles. The molecule has 1 aromatic rings. The van der Waals surface area contributed by atoms with Gasteiger partial charge in [-0.15, -0.1) is 0 Å². The minimum Gasteiger partial charge on any atom is -0.496 e. The van der Waals surface area contributed by atoms with Gasteiger partial charge in [-0.3, -0.25) is 0 Å². The van der Waals surface area contributed by atoms with Crippen LogP contribution in [0.1, 0.15) is 32.4 Å². The smallest absolute Gasteiger partial charge is 0.125 e. The number of morpholine rings is 1. The second-order valence-electron chi connectivity index (χ2n) is 5.34. The molecule has 4 nitrogen and oxygen atoms in total. The maximum absolute atomic E-state index is 6.13. The molecule has 106 valence electrons. The minimum atomic E-state index is -0.0559. The van der Waals surface area contributed by atoms with Crippen molar-refractivity contribution < 1.29 is 9.47 Å². The van der Waals surface area contributed by atoms with Gasteiger partial charge in [0.2, 0.25) is 0 Å². The zero-order chi connectivity index (χ0) is 14.0. The molecule has 0 amide bonds. The second kappa shape index (κ2) is 5.80. The third kappa shape index (κ3) is 3.01. The Kier molecular flexibility index (Phi) is 4.32. The van der Waals surface area contributed by atoms with Crippen molar-refractivity contribution in [1.29, 1.82) is 0 Å². The molecule has 19 heavy (non-hydrogen) atoms. The van der Waals surface area contributed by atoms with Gasteiger partial charge in [-0.2, -0.15) is 0 Å². The zero-order valence-corrected chi connectivity index (χ0v) is 12.2. The quantitative estimate of drug-likeness (QED) is 0.910. The van der Waals surface area contributed by atoms with E-state index in [9.17, 15) is 0 Å². The van der Waals surface area contributed by atoms with Gasteiger partial charge < -0.3 is 20.1 Å². The first-order valence-corrected chi connectivity index (χ1v) is 6.85. The number of hydrogen-bond donors (Lipinski definition) is 1. The second-order valence-corrected chi connectivity index (χ2v) is 5.34. The molecular formula is C15H24N2O2. The summed E-state index contributed by atoms with van der Waals surface area (Å²) in [5, 5.41) is 0. The van der Waals surface area contributed by atoms with Crippen LogP contribution >= 0.6 is 0 Å². The van der Waals surface area contributed by atoms with Crippen molar-refractivity contribution in [2.75, 3.05) is 25.1 Å². The van der Waals surface area contributed by atoms with E-state index in [1.54, 1.807) is 7.11 Å². The first-order valence-electron chi connectivity index (χ1n) is 6.85. The van der Waals surface area contributed by atoms with Gasteiger partial charge in [0.15, 0.2) is 0 Å². The summed E-state index contributed by atoms with van der Waals surface area (Å²) in [7, 11) is 1.69. The first-order chi connectivity index (χ1) is 9.02. The number of hydrogen-bond acceptors (Lipinski definition) is 4. The summed E-state index contributed by atoms with van der Waals surface area (Å²) >= 11 is 0. The van der Waals surface area contributed by atoms with Crippen LogP contribution in [-0.4, -0.2) is 32.4 Å². The van der Waals surface area contributed by atoms with E-state index < -0.39 is 0 Å². The fraction of sp³-hybridized carbons (Fsp3) is 0.600. The zero-order valence-electron chi connectivity index (χ0n) is 12.2. The van der Waals surface area contributed by atoms with E-state index in [0.717, 1.165) is 30.1 Å². The Balaban J connectivity index is 2.38. The molecule has 0 bridgehead atoms. The Morgan fingerprint density at radius 2 is 1.95 bits per heavy atom. The molecular weight excluding hydrogens is 240 g/mol. The van der Waals surface area contributed by atoms with E-state index in [1.165, 1.54) is 0 Å².